The lowest BCUT2D eigenvalue weighted by molar-refractivity contribution is 0.415. The van der Waals surface area contributed by atoms with Gasteiger partial charge in [-0.25, -0.2) is 0 Å². The number of ether oxygens (including phenoxy) is 1. The van der Waals surface area contributed by atoms with Gasteiger partial charge in [0.2, 0.25) is 4.96 Å². The summed E-state index contributed by atoms with van der Waals surface area (Å²) in [5, 5.41) is 5.24. The molecule has 0 aliphatic carbocycles. The van der Waals surface area contributed by atoms with Crippen molar-refractivity contribution >= 4 is 45.6 Å². The molecule has 0 bridgehead atoms. The van der Waals surface area contributed by atoms with E-state index in [2.05, 4.69) is 10.1 Å². The molecule has 130 valence electrons. The Balaban J connectivity index is 1.76. The smallest absolute Gasteiger partial charge is 0.291 e. The number of aromatic nitrogens is 3. The fraction of sp³-hybridized carbons (Fsp3) is 0.0556. The maximum atomic E-state index is 12.6. The van der Waals surface area contributed by atoms with Crippen molar-refractivity contribution in [2.45, 2.75) is 0 Å². The van der Waals surface area contributed by atoms with Gasteiger partial charge in [0.1, 0.15) is 5.75 Å². The van der Waals surface area contributed by atoms with Crippen molar-refractivity contribution in [3.8, 4) is 17.1 Å². The van der Waals surface area contributed by atoms with Crippen LogP contribution < -0.4 is 14.8 Å². The first kappa shape index (κ1) is 17.0. The summed E-state index contributed by atoms with van der Waals surface area (Å²) in [4.78, 5) is 17.6. The molecule has 0 aliphatic heterocycles. The first-order chi connectivity index (χ1) is 12.5. The molecule has 0 spiro atoms. The predicted molar refractivity (Wildman–Crippen MR) is 104 cm³/mol. The van der Waals surface area contributed by atoms with Gasteiger partial charge in [-0.15, -0.1) is 5.10 Å². The number of hydrogen-bond acceptors (Lipinski definition) is 5. The van der Waals surface area contributed by atoms with E-state index in [1.54, 1.807) is 31.4 Å². The van der Waals surface area contributed by atoms with Crippen LogP contribution in [-0.4, -0.2) is 21.7 Å². The topological polar surface area (TPSA) is 56.5 Å². The molecule has 2 aromatic carbocycles. The van der Waals surface area contributed by atoms with E-state index in [0.29, 0.717) is 25.4 Å². The SMILES string of the molecule is COc1ccc(-c2nc3s/c(=C\c4ccc(Cl)c(Cl)c4)c(=O)n3n2)cc1. The fourth-order valence-electron chi connectivity index (χ4n) is 2.45. The van der Waals surface area contributed by atoms with Gasteiger partial charge >= 0.3 is 0 Å². The molecule has 2 aromatic heterocycles. The number of thiazole rings is 1. The zero-order chi connectivity index (χ0) is 18.3. The van der Waals surface area contributed by atoms with Crippen molar-refractivity contribution in [3.63, 3.8) is 0 Å². The Kier molecular flexibility index (Phi) is 4.40. The minimum atomic E-state index is -0.219. The third-order valence-electron chi connectivity index (χ3n) is 3.77. The Hall–Kier alpha value is -2.41. The number of hydrogen-bond donors (Lipinski definition) is 0. The molecule has 0 aliphatic rings. The van der Waals surface area contributed by atoms with Gasteiger partial charge in [-0.3, -0.25) is 4.79 Å². The Labute approximate surface area is 162 Å². The predicted octanol–water partition coefficient (Wildman–Crippen LogP) is 3.68. The van der Waals surface area contributed by atoms with Gasteiger partial charge in [0.05, 0.1) is 21.7 Å². The summed E-state index contributed by atoms with van der Waals surface area (Å²) in [6.45, 7) is 0. The van der Waals surface area contributed by atoms with Crippen LogP contribution in [0.2, 0.25) is 10.0 Å². The molecule has 0 saturated carbocycles. The fourth-order valence-corrected chi connectivity index (χ4v) is 3.66. The van der Waals surface area contributed by atoms with Crippen molar-refractivity contribution in [1.29, 1.82) is 0 Å². The summed E-state index contributed by atoms with van der Waals surface area (Å²) in [5.41, 5.74) is 1.39. The van der Waals surface area contributed by atoms with E-state index in [0.717, 1.165) is 16.9 Å². The molecule has 0 N–H and O–H groups in total. The van der Waals surface area contributed by atoms with E-state index in [9.17, 15) is 4.79 Å². The second-order valence-electron chi connectivity index (χ2n) is 5.45. The van der Waals surface area contributed by atoms with Crippen molar-refractivity contribution in [3.05, 3.63) is 73.0 Å². The summed E-state index contributed by atoms with van der Waals surface area (Å²) in [6.07, 6.45) is 1.75. The van der Waals surface area contributed by atoms with Gasteiger partial charge in [-0.05, 0) is 48.0 Å². The number of rotatable bonds is 3. The van der Waals surface area contributed by atoms with Crippen LogP contribution in [0.4, 0.5) is 0 Å². The third kappa shape index (κ3) is 3.07. The molecule has 4 rings (SSSR count). The van der Waals surface area contributed by atoms with Gasteiger partial charge < -0.3 is 4.74 Å². The summed E-state index contributed by atoms with van der Waals surface area (Å²) < 4.78 is 6.98. The van der Waals surface area contributed by atoms with Crippen molar-refractivity contribution < 1.29 is 4.74 Å². The zero-order valence-electron chi connectivity index (χ0n) is 13.4. The molecular formula is C18H11Cl2N3O2S. The first-order valence-corrected chi connectivity index (χ1v) is 9.13. The zero-order valence-corrected chi connectivity index (χ0v) is 15.8. The molecule has 26 heavy (non-hydrogen) atoms. The molecule has 0 radical (unpaired) electrons. The van der Waals surface area contributed by atoms with Crippen molar-refractivity contribution in [1.82, 2.24) is 14.6 Å². The number of methoxy groups -OCH3 is 1. The second kappa shape index (κ2) is 6.72. The van der Waals surface area contributed by atoms with Crippen LogP contribution in [0.15, 0.2) is 47.3 Å². The molecule has 0 saturated heterocycles. The molecule has 2 heterocycles. The van der Waals surface area contributed by atoms with Crippen LogP contribution in [0.5, 0.6) is 5.75 Å². The van der Waals surface area contributed by atoms with E-state index in [-0.39, 0.29) is 5.56 Å². The molecule has 8 heteroatoms. The van der Waals surface area contributed by atoms with Crippen molar-refractivity contribution in [2.75, 3.05) is 7.11 Å². The Morgan fingerprint density at radius 2 is 1.88 bits per heavy atom. The normalized spacial score (nSPS) is 12.0. The maximum Gasteiger partial charge on any atom is 0.291 e. The van der Waals surface area contributed by atoms with Crippen LogP contribution in [0.25, 0.3) is 22.4 Å². The van der Waals surface area contributed by atoms with Gasteiger partial charge in [-0.2, -0.15) is 9.50 Å². The average Bonchev–Trinajstić information content (AvgIpc) is 3.18. The van der Waals surface area contributed by atoms with Crippen LogP contribution >= 0.6 is 34.5 Å². The van der Waals surface area contributed by atoms with Gasteiger partial charge in [0, 0.05) is 5.56 Å². The Bertz CT molecular complexity index is 1220. The highest BCUT2D eigenvalue weighted by Crippen LogP contribution is 2.23. The summed E-state index contributed by atoms with van der Waals surface area (Å²) in [7, 11) is 1.61. The largest absolute Gasteiger partial charge is 0.497 e. The molecule has 0 unspecified atom stereocenters. The Morgan fingerprint density at radius 1 is 1.12 bits per heavy atom. The number of halogens is 2. The Morgan fingerprint density at radius 3 is 2.54 bits per heavy atom. The van der Waals surface area contributed by atoms with Gasteiger partial charge in [0.15, 0.2) is 5.82 Å². The maximum absolute atomic E-state index is 12.6. The number of nitrogens with zero attached hydrogens (tertiary/aromatic N) is 3. The van der Waals surface area contributed by atoms with E-state index >= 15 is 0 Å². The number of benzene rings is 2. The highest BCUT2D eigenvalue weighted by molar-refractivity contribution is 7.15. The molecule has 5 nitrogen and oxygen atoms in total. The minimum Gasteiger partial charge on any atom is -0.497 e. The van der Waals surface area contributed by atoms with Crippen LogP contribution in [0, 0.1) is 0 Å². The molecule has 0 amide bonds. The molecule has 0 fully saturated rings. The van der Waals surface area contributed by atoms with Crippen LogP contribution in [-0.2, 0) is 0 Å². The lowest BCUT2D eigenvalue weighted by atomic mass is 10.2. The standard InChI is InChI=1S/C18H11Cl2N3O2S/c1-25-12-5-3-11(4-6-12)16-21-18-23(22-16)17(24)15(26-18)9-10-2-7-13(19)14(20)8-10/h2-9H,1H3/b15-9-. The average molecular weight is 404 g/mol. The summed E-state index contributed by atoms with van der Waals surface area (Å²) >= 11 is 13.2. The highest BCUT2D eigenvalue weighted by atomic mass is 35.5. The highest BCUT2D eigenvalue weighted by Gasteiger charge is 2.12. The number of fused-ring (bicyclic) bond motifs is 1. The van der Waals surface area contributed by atoms with E-state index < -0.39 is 0 Å². The lowest BCUT2D eigenvalue weighted by Gasteiger charge is -1.99. The second-order valence-corrected chi connectivity index (χ2v) is 7.27. The quantitative estimate of drug-likeness (QED) is 0.523. The van der Waals surface area contributed by atoms with Crippen LogP contribution in [0.3, 0.4) is 0 Å². The molecule has 0 atom stereocenters. The van der Waals surface area contributed by atoms with Crippen LogP contribution in [0.1, 0.15) is 5.56 Å². The van der Waals surface area contributed by atoms with Gasteiger partial charge in [-0.1, -0.05) is 40.6 Å². The lowest BCUT2D eigenvalue weighted by Crippen LogP contribution is -2.23. The molecule has 4 aromatic rings. The molecular weight excluding hydrogens is 393 g/mol. The first-order valence-electron chi connectivity index (χ1n) is 7.56. The monoisotopic (exact) mass is 403 g/mol. The van der Waals surface area contributed by atoms with Crippen molar-refractivity contribution in [2.24, 2.45) is 0 Å². The van der Waals surface area contributed by atoms with E-state index in [1.807, 2.05) is 24.3 Å². The van der Waals surface area contributed by atoms with Gasteiger partial charge in [0.25, 0.3) is 5.56 Å². The summed E-state index contributed by atoms with van der Waals surface area (Å²) in [6, 6.07) is 12.6. The minimum absolute atomic E-state index is 0.219. The van der Waals surface area contributed by atoms with E-state index in [1.165, 1.54) is 15.9 Å². The summed E-state index contributed by atoms with van der Waals surface area (Å²) in [5.74, 6) is 1.25. The van der Waals surface area contributed by atoms with E-state index in [4.69, 9.17) is 27.9 Å². The third-order valence-corrected chi connectivity index (χ3v) is 5.47.